The van der Waals surface area contributed by atoms with Crippen LogP contribution in [0.25, 0.3) is 10.8 Å². The molecule has 1 aliphatic heterocycles. The largest absolute Gasteiger partial charge is 0.455 e. The van der Waals surface area contributed by atoms with Gasteiger partial charge < -0.3 is 20.8 Å². The topological polar surface area (TPSA) is 123 Å². The smallest absolute Gasteiger partial charge is 0.340 e. The molecule has 3 aromatic heterocycles. The fourth-order valence-electron chi connectivity index (χ4n) is 4.37. The van der Waals surface area contributed by atoms with E-state index >= 15 is 0 Å². The van der Waals surface area contributed by atoms with Crippen molar-refractivity contribution in [3.63, 3.8) is 0 Å². The molecule has 0 saturated heterocycles. The van der Waals surface area contributed by atoms with Crippen molar-refractivity contribution in [2.24, 2.45) is 11.7 Å². The zero-order valence-electron chi connectivity index (χ0n) is 20.6. The molecule has 0 spiro atoms. The Hall–Kier alpha value is -3.26. The predicted octanol–water partition coefficient (Wildman–Crippen LogP) is 5.08. The van der Waals surface area contributed by atoms with Crippen LogP contribution in [0.2, 0.25) is 0 Å². The second-order valence-corrected chi connectivity index (χ2v) is 10.4. The van der Waals surface area contributed by atoms with E-state index in [0.29, 0.717) is 34.2 Å². The first-order valence-electron chi connectivity index (χ1n) is 12.5. The summed E-state index contributed by atoms with van der Waals surface area (Å²) in [6, 6.07) is 5.17. The first-order chi connectivity index (χ1) is 16.7. The standard InChI is InChI=1S/C23H25N5O3.C4H8/c1-11-20-13(22(30)31-23(11,2)3)6-7-17(28-20)27-18-8-14-15(19(24)12-4-5-12)9-26-21(29)16(14)10-25-18;1-2-4-3-1/h6-12,19H,4-5,24H2,1-3H3,(H,26,29)(H,25,27,28);1-4H2. The second-order valence-electron chi connectivity index (χ2n) is 10.4. The lowest BCUT2D eigenvalue weighted by Crippen LogP contribution is -2.39. The molecular formula is C27H33N5O3. The molecule has 2 unspecified atom stereocenters. The van der Waals surface area contributed by atoms with Crippen LogP contribution < -0.4 is 16.6 Å². The average molecular weight is 476 g/mol. The van der Waals surface area contributed by atoms with E-state index in [2.05, 4.69) is 20.3 Å². The summed E-state index contributed by atoms with van der Waals surface area (Å²) in [5, 5.41) is 4.51. The number of ether oxygens (including phenoxy) is 1. The van der Waals surface area contributed by atoms with E-state index in [1.807, 2.05) is 26.8 Å². The Morgan fingerprint density at radius 2 is 1.83 bits per heavy atom. The maximum absolute atomic E-state index is 12.3. The van der Waals surface area contributed by atoms with Crippen molar-refractivity contribution in [2.45, 2.75) is 76.9 Å². The van der Waals surface area contributed by atoms with Crippen molar-refractivity contribution in [1.82, 2.24) is 15.0 Å². The number of H-pyrrole nitrogens is 1. The van der Waals surface area contributed by atoms with Crippen LogP contribution >= 0.6 is 0 Å². The number of nitrogens with two attached hydrogens (primary N) is 1. The number of anilines is 2. The first-order valence-corrected chi connectivity index (χ1v) is 12.5. The van der Waals surface area contributed by atoms with Crippen molar-refractivity contribution in [1.29, 1.82) is 0 Å². The molecule has 0 amide bonds. The van der Waals surface area contributed by atoms with Gasteiger partial charge in [-0.1, -0.05) is 32.6 Å². The fraction of sp³-hybridized carbons (Fsp3) is 0.481. The molecule has 0 radical (unpaired) electrons. The molecule has 2 aliphatic carbocycles. The Labute approximate surface area is 204 Å². The summed E-state index contributed by atoms with van der Waals surface area (Å²) in [5.41, 5.74) is 7.69. The molecule has 6 rings (SSSR count). The van der Waals surface area contributed by atoms with Crippen LogP contribution in [0.1, 0.15) is 92.9 Å². The third-order valence-electron chi connectivity index (χ3n) is 7.52. The van der Waals surface area contributed by atoms with Gasteiger partial charge in [0.25, 0.3) is 5.56 Å². The van der Waals surface area contributed by atoms with Gasteiger partial charge in [0.05, 0.1) is 16.6 Å². The van der Waals surface area contributed by atoms with E-state index in [9.17, 15) is 9.59 Å². The van der Waals surface area contributed by atoms with Gasteiger partial charge in [0, 0.05) is 24.4 Å². The number of nitrogens with one attached hydrogen (secondary N) is 2. The van der Waals surface area contributed by atoms with Gasteiger partial charge in [0.15, 0.2) is 0 Å². The summed E-state index contributed by atoms with van der Waals surface area (Å²) < 4.78 is 5.53. The molecule has 8 nitrogen and oxygen atoms in total. The number of hydrogen-bond donors (Lipinski definition) is 3. The summed E-state index contributed by atoms with van der Waals surface area (Å²) in [7, 11) is 0. The molecule has 35 heavy (non-hydrogen) atoms. The van der Waals surface area contributed by atoms with E-state index in [4.69, 9.17) is 10.5 Å². The molecule has 0 bridgehead atoms. The molecule has 3 aliphatic rings. The number of aromatic nitrogens is 3. The number of aromatic amines is 1. The van der Waals surface area contributed by atoms with E-state index in [-0.39, 0.29) is 23.5 Å². The van der Waals surface area contributed by atoms with Crippen LogP contribution in [0, 0.1) is 5.92 Å². The molecule has 2 saturated carbocycles. The number of hydrogen-bond acceptors (Lipinski definition) is 7. The van der Waals surface area contributed by atoms with Crippen LogP contribution in [-0.2, 0) is 4.74 Å². The normalized spacial score (nSPS) is 21.1. The third-order valence-corrected chi connectivity index (χ3v) is 7.52. The van der Waals surface area contributed by atoms with Gasteiger partial charge in [-0.3, -0.25) is 4.79 Å². The minimum Gasteiger partial charge on any atom is -0.455 e. The molecule has 2 atom stereocenters. The monoisotopic (exact) mass is 475 g/mol. The zero-order chi connectivity index (χ0) is 24.7. The molecule has 4 N–H and O–H groups in total. The third kappa shape index (κ3) is 4.67. The number of cyclic esters (lactones) is 1. The quantitative estimate of drug-likeness (QED) is 0.449. The summed E-state index contributed by atoms with van der Waals surface area (Å²) in [6.45, 7) is 5.76. The maximum atomic E-state index is 12.3. The molecule has 4 heterocycles. The number of carbonyl (C=O) groups is 1. The van der Waals surface area contributed by atoms with Gasteiger partial charge in [-0.15, -0.1) is 0 Å². The second kappa shape index (κ2) is 9.07. The zero-order valence-corrected chi connectivity index (χ0v) is 20.6. The van der Waals surface area contributed by atoms with Gasteiger partial charge in [0.2, 0.25) is 0 Å². The fourth-order valence-corrected chi connectivity index (χ4v) is 4.37. The van der Waals surface area contributed by atoms with E-state index in [1.54, 1.807) is 24.5 Å². The highest BCUT2D eigenvalue weighted by Gasteiger charge is 2.40. The Morgan fingerprint density at radius 3 is 2.49 bits per heavy atom. The summed E-state index contributed by atoms with van der Waals surface area (Å²) >= 11 is 0. The minimum atomic E-state index is -0.633. The average Bonchev–Trinajstić information content (AvgIpc) is 3.61. The lowest BCUT2D eigenvalue weighted by atomic mass is 9.84. The van der Waals surface area contributed by atoms with Gasteiger partial charge in [0.1, 0.15) is 17.2 Å². The maximum Gasteiger partial charge on any atom is 0.340 e. The Bertz CT molecular complexity index is 1320. The Morgan fingerprint density at radius 1 is 1.11 bits per heavy atom. The highest BCUT2D eigenvalue weighted by atomic mass is 16.6. The van der Waals surface area contributed by atoms with Crippen molar-refractivity contribution in [3.05, 3.63) is 57.8 Å². The van der Waals surface area contributed by atoms with Crippen LogP contribution in [0.15, 0.2) is 35.4 Å². The minimum absolute atomic E-state index is 0.0618. The lowest BCUT2D eigenvalue weighted by molar-refractivity contribution is -0.0189. The predicted molar refractivity (Wildman–Crippen MR) is 136 cm³/mol. The number of carbonyl (C=O) groups excluding carboxylic acids is 1. The van der Waals surface area contributed by atoms with Gasteiger partial charge in [-0.2, -0.15) is 0 Å². The summed E-state index contributed by atoms with van der Waals surface area (Å²) in [5.74, 6) is 1.15. The number of esters is 1. The van der Waals surface area contributed by atoms with E-state index < -0.39 is 5.60 Å². The molecule has 0 aromatic carbocycles. The van der Waals surface area contributed by atoms with Crippen molar-refractivity contribution >= 4 is 28.4 Å². The molecule has 2 fully saturated rings. The molecular weight excluding hydrogens is 442 g/mol. The van der Waals surface area contributed by atoms with Gasteiger partial charge in [-0.05, 0) is 61.8 Å². The van der Waals surface area contributed by atoms with Gasteiger partial charge in [-0.25, -0.2) is 14.8 Å². The van der Waals surface area contributed by atoms with E-state index in [0.717, 1.165) is 23.8 Å². The number of pyridine rings is 3. The molecule has 8 heteroatoms. The lowest BCUT2D eigenvalue weighted by Gasteiger charge is -2.36. The Balaban J connectivity index is 0.000000577. The van der Waals surface area contributed by atoms with Crippen molar-refractivity contribution < 1.29 is 9.53 Å². The van der Waals surface area contributed by atoms with Gasteiger partial charge >= 0.3 is 5.97 Å². The number of fused-ring (bicyclic) bond motifs is 2. The summed E-state index contributed by atoms with van der Waals surface area (Å²) in [4.78, 5) is 36.5. The summed E-state index contributed by atoms with van der Waals surface area (Å²) in [6.07, 6.45) is 11.5. The molecule has 3 aromatic rings. The first kappa shape index (κ1) is 23.5. The molecule has 184 valence electrons. The highest BCUT2D eigenvalue weighted by Crippen LogP contribution is 2.41. The Kier molecular flexibility index (Phi) is 6.09. The van der Waals surface area contributed by atoms with Crippen molar-refractivity contribution in [3.8, 4) is 0 Å². The van der Waals surface area contributed by atoms with Crippen LogP contribution in [-0.4, -0.2) is 26.5 Å². The number of nitrogens with zero attached hydrogens (tertiary/aromatic N) is 2. The van der Waals surface area contributed by atoms with Crippen molar-refractivity contribution in [2.75, 3.05) is 5.32 Å². The van der Waals surface area contributed by atoms with Crippen LogP contribution in [0.3, 0.4) is 0 Å². The van der Waals surface area contributed by atoms with Crippen LogP contribution in [0.4, 0.5) is 11.6 Å². The van der Waals surface area contributed by atoms with E-state index in [1.165, 1.54) is 25.7 Å². The SMILES string of the molecule is C1CCC1.CC1c2nc(Nc3cc4c(C(N)C5CC5)c[nH]c(=O)c4cn3)ccc2C(=O)OC1(C)C. The van der Waals surface area contributed by atoms with Crippen LogP contribution in [0.5, 0.6) is 0 Å². The number of rotatable bonds is 4. The highest BCUT2D eigenvalue weighted by molar-refractivity contribution is 5.93.